The number of Topliss-reactive ketones (excluding diaryl/α,β-unsaturated/α-hetero) is 1. The zero-order valence-electron chi connectivity index (χ0n) is 12.6. The molecule has 0 aliphatic carbocycles. The summed E-state index contributed by atoms with van der Waals surface area (Å²) in [6, 6.07) is 6.00. The Bertz CT molecular complexity index is 616. The maximum atomic E-state index is 12.4. The minimum Gasteiger partial charge on any atom is -0.294 e. The lowest BCUT2D eigenvalue weighted by Crippen LogP contribution is -2.26. The van der Waals surface area contributed by atoms with Crippen molar-refractivity contribution >= 4 is 5.78 Å². The molecule has 0 amide bonds. The summed E-state index contributed by atoms with van der Waals surface area (Å²) in [5.41, 5.74) is 4.09. The molecule has 0 saturated heterocycles. The Kier molecular flexibility index (Phi) is 4.35. The van der Waals surface area contributed by atoms with Crippen molar-refractivity contribution in [2.24, 2.45) is 7.05 Å². The highest BCUT2D eigenvalue weighted by Gasteiger charge is 2.12. The fourth-order valence-electron chi connectivity index (χ4n) is 2.29. The van der Waals surface area contributed by atoms with E-state index in [-0.39, 0.29) is 5.78 Å². The van der Waals surface area contributed by atoms with Crippen LogP contribution in [0.25, 0.3) is 0 Å². The van der Waals surface area contributed by atoms with Gasteiger partial charge >= 0.3 is 0 Å². The van der Waals surface area contributed by atoms with Gasteiger partial charge in [0.05, 0.1) is 12.7 Å². The van der Waals surface area contributed by atoms with Crippen LogP contribution in [0.2, 0.25) is 0 Å². The van der Waals surface area contributed by atoms with Crippen LogP contribution >= 0.6 is 0 Å². The summed E-state index contributed by atoms with van der Waals surface area (Å²) in [6.45, 7) is 5.13. The lowest BCUT2D eigenvalue weighted by atomic mass is 10.0. The number of likely N-dealkylation sites (N-methyl/N-ethyl adjacent to an activating group) is 1. The minimum absolute atomic E-state index is 0.164. The molecule has 2 aromatic rings. The number of nitrogens with zero attached hydrogens (tertiary/aromatic N) is 3. The standard InChI is InChI=1S/C16H21N3O/c1-12-5-6-13(2)15(7-12)16(20)11-18(3)9-14-8-17-19(4)10-14/h5-8,10H,9,11H2,1-4H3. The Morgan fingerprint density at radius 3 is 2.75 bits per heavy atom. The molecule has 2 rings (SSSR count). The van der Waals surface area contributed by atoms with Crippen molar-refractivity contribution < 1.29 is 4.79 Å². The smallest absolute Gasteiger partial charge is 0.177 e. The van der Waals surface area contributed by atoms with Crippen molar-refractivity contribution in [2.75, 3.05) is 13.6 Å². The topological polar surface area (TPSA) is 38.1 Å². The van der Waals surface area contributed by atoms with Crippen molar-refractivity contribution in [1.29, 1.82) is 0 Å². The number of ketones is 1. The zero-order valence-corrected chi connectivity index (χ0v) is 12.6. The highest BCUT2D eigenvalue weighted by Crippen LogP contribution is 2.12. The van der Waals surface area contributed by atoms with Crippen LogP contribution in [0, 0.1) is 13.8 Å². The molecule has 0 spiro atoms. The first-order valence-electron chi connectivity index (χ1n) is 6.72. The van der Waals surface area contributed by atoms with Crippen LogP contribution in [0.3, 0.4) is 0 Å². The summed E-state index contributed by atoms with van der Waals surface area (Å²) in [7, 11) is 3.85. The molecule has 0 fully saturated rings. The summed E-state index contributed by atoms with van der Waals surface area (Å²) in [5, 5.41) is 4.14. The Morgan fingerprint density at radius 1 is 1.35 bits per heavy atom. The van der Waals surface area contributed by atoms with E-state index in [1.807, 2.05) is 63.4 Å². The SMILES string of the molecule is Cc1ccc(C)c(C(=O)CN(C)Cc2cnn(C)c2)c1. The van der Waals surface area contributed by atoms with Crippen molar-refractivity contribution in [1.82, 2.24) is 14.7 Å². The van der Waals surface area contributed by atoms with E-state index in [2.05, 4.69) is 5.10 Å². The first kappa shape index (κ1) is 14.5. The fourth-order valence-corrected chi connectivity index (χ4v) is 2.29. The number of aryl methyl sites for hydroxylation is 3. The van der Waals surface area contributed by atoms with Crippen LogP contribution < -0.4 is 0 Å². The molecule has 4 nitrogen and oxygen atoms in total. The van der Waals surface area contributed by atoms with E-state index in [1.165, 1.54) is 0 Å². The monoisotopic (exact) mass is 271 g/mol. The number of carbonyl (C=O) groups excluding carboxylic acids is 1. The van der Waals surface area contributed by atoms with E-state index < -0.39 is 0 Å². The van der Waals surface area contributed by atoms with Crippen molar-refractivity contribution in [3.8, 4) is 0 Å². The molecule has 0 radical (unpaired) electrons. The van der Waals surface area contributed by atoms with Gasteiger partial charge in [0.25, 0.3) is 0 Å². The molecule has 0 aliphatic rings. The van der Waals surface area contributed by atoms with Gasteiger partial charge in [0.15, 0.2) is 5.78 Å². The minimum atomic E-state index is 0.164. The van der Waals surface area contributed by atoms with Gasteiger partial charge in [0.1, 0.15) is 0 Å². The first-order valence-corrected chi connectivity index (χ1v) is 6.72. The fraction of sp³-hybridized carbons (Fsp3) is 0.375. The summed E-state index contributed by atoms with van der Waals surface area (Å²) >= 11 is 0. The molecule has 1 aromatic heterocycles. The third-order valence-electron chi connectivity index (χ3n) is 3.32. The largest absolute Gasteiger partial charge is 0.294 e. The van der Waals surface area contributed by atoms with E-state index in [9.17, 15) is 4.79 Å². The molecule has 1 heterocycles. The molecule has 106 valence electrons. The lowest BCUT2D eigenvalue weighted by molar-refractivity contribution is 0.0942. The van der Waals surface area contributed by atoms with E-state index in [0.29, 0.717) is 6.54 Å². The average molecular weight is 271 g/mol. The van der Waals surface area contributed by atoms with Crippen molar-refractivity contribution in [2.45, 2.75) is 20.4 Å². The molecule has 0 saturated carbocycles. The van der Waals surface area contributed by atoms with Gasteiger partial charge in [0, 0.05) is 30.9 Å². The second kappa shape index (κ2) is 6.01. The molecular weight excluding hydrogens is 250 g/mol. The Morgan fingerprint density at radius 2 is 2.10 bits per heavy atom. The quantitative estimate of drug-likeness (QED) is 0.784. The van der Waals surface area contributed by atoms with E-state index in [4.69, 9.17) is 0 Å². The van der Waals surface area contributed by atoms with E-state index in [1.54, 1.807) is 4.68 Å². The molecule has 20 heavy (non-hydrogen) atoms. The number of carbonyl (C=O) groups is 1. The summed E-state index contributed by atoms with van der Waals surface area (Å²) in [4.78, 5) is 14.4. The highest BCUT2D eigenvalue weighted by atomic mass is 16.1. The Balaban J connectivity index is 2.02. The van der Waals surface area contributed by atoms with Crippen LogP contribution in [0.5, 0.6) is 0 Å². The van der Waals surface area contributed by atoms with Gasteiger partial charge in [-0.05, 0) is 32.5 Å². The van der Waals surface area contributed by atoms with Crippen LogP contribution in [-0.4, -0.2) is 34.1 Å². The molecule has 0 atom stereocenters. The normalized spacial score (nSPS) is 11.1. The molecule has 4 heteroatoms. The first-order chi connectivity index (χ1) is 9.45. The van der Waals surface area contributed by atoms with Gasteiger partial charge in [-0.15, -0.1) is 0 Å². The van der Waals surface area contributed by atoms with Crippen molar-refractivity contribution in [3.63, 3.8) is 0 Å². The van der Waals surface area contributed by atoms with E-state index in [0.717, 1.165) is 28.8 Å². The second-order valence-electron chi connectivity index (χ2n) is 5.44. The predicted molar refractivity (Wildman–Crippen MR) is 79.8 cm³/mol. The lowest BCUT2D eigenvalue weighted by Gasteiger charge is -2.15. The summed E-state index contributed by atoms with van der Waals surface area (Å²) < 4.78 is 1.77. The molecule has 0 N–H and O–H groups in total. The average Bonchev–Trinajstić information content (AvgIpc) is 2.77. The summed E-state index contributed by atoms with van der Waals surface area (Å²) in [5.74, 6) is 0.164. The number of hydrogen-bond donors (Lipinski definition) is 0. The molecule has 0 bridgehead atoms. The van der Waals surface area contributed by atoms with Gasteiger partial charge in [-0.2, -0.15) is 5.10 Å². The number of rotatable bonds is 5. The van der Waals surface area contributed by atoms with Gasteiger partial charge in [-0.1, -0.05) is 17.7 Å². The third-order valence-corrected chi connectivity index (χ3v) is 3.32. The van der Waals surface area contributed by atoms with Gasteiger partial charge in [0.2, 0.25) is 0 Å². The van der Waals surface area contributed by atoms with Crippen LogP contribution in [0.15, 0.2) is 30.6 Å². The number of hydrogen-bond acceptors (Lipinski definition) is 3. The van der Waals surface area contributed by atoms with Crippen molar-refractivity contribution in [3.05, 3.63) is 52.8 Å². The van der Waals surface area contributed by atoms with Gasteiger partial charge < -0.3 is 0 Å². The molecule has 1 aromatic carbocycles. The predicted octanol–water partition coefficient (Wildman–Crippen LogP) is 2.35. The van der Waals surface area contributed by atoms with E-state index >= 15 is 0 Å². The molecule has 0 unspecified atom stereocenters. The Hall–Kier alpha value is -1.94. The Labute approximate surface area is 120 Å². The number of benzene rings is 1. The highest BCUT2D eigenvalue weighted by molar-refractivity contribution is 5.99. The van der Waals surface area contributed by atoms with Gasteiger partial charge in [-0.25, -0.2) is 0 Å². The second-order valence-corrected chi connectivity index (χ2v) is 5.44. The maximum absolute atomic E-state index is 12.4. The molecular formula is C16H21N3O. The summed E-state index contributed by atoms with van der Waals surface area (Å²) in [6.07, 6.45) is 3.80. The van der Waals surface area contributed by atoms with Crippen LogP contribution in [0.4, 0.5) is 0 Å². The third kappa shape index (κ3) is 3.54. The zero-order chi connectivity index (χ0) is 14.7. The molecule has 0 aliphatic heterocycles. The van der Waals surface area contributed by atoms with Gasteiger partial charge in [-0.3, -0.25) is 14.4 Å². The maximum Gasteiger partial charge on any atom is 0.177 e. The van der Waals surface area contributed by atoms with Crippen LogP contribution in [-0.2, 0) is 13.6 Å². The van der Waals surface area contributed by atoms with Crippen LogP contribution in [0.1, 0.15) is 27.0 Å². The number of aromatic nitrogens is 2.